The van der Waals surface area contributed by atoms with Crippen molar-refractivity contribution >= 4 is 11.5 Å². The van der Waals surface area contributed by atoms with Crippen LogP contribution in [0.2, 0.25) is 0 Å². The molecule has 1 atom stereocenters. The number of alkyl halides is 3. The van der Waals surface area contributed by atoms with E-state index in [9.17, 15) is 13.2 Å². The van der Waals surface area contributed by atoms with E-state index in [0.717, 1.165) is 34.7 Å². The highest BCUT2D eigenvalue weighted by Gasteiger charge is 2.27. The largest absolute Gasteiger partial charge is 0.393 e. The molecule has 0 aliphatic heterocycles. The van der Waals surface area contributed by atoms with Gasteiger partial charge in [-0.15, -0.1) is 0 Å². The third-order valence-corrected chi connectivity index (χ3v) is 5.26. The highest BCUT2D eigenvalue weighted by Crippen LogP contribution is 2.34. The Morgan fingerprint density at radius 1 is 1.16 bits per heavy atom. The number of halogens is 3. The average Bonchev–Trinajstić information content (AvgIpc) is 3.30. The molecular formula is C24H28F3N5. The van der Waals surface area contributed by atoms with Crippen LogP contribution >= 0.6 is 0 Å². The van der Waals surface area contributed by atoms with Gasteiger partial charge in [-0.05, 0) is 36.6 Å². The standard InChI is InChI=1S/C24H28F3N5/c1-4-5-6-13-32(17(2)19-9-7-18(8-10-19)15-24(25,26)27)23-22(28-3)14-20(16-29-23)21-11-12-30-31-21/h5-12,14,16-17,28H,4,13,15H2,1-3H3,(H,30,31). The summed E-state index contributed by atoms with van der Waals surface area (Å²) in [5.74, 6) is 0.767. The highest BCUT2D eigenvalue weighted by atomic mass is 19.4. The molecule has 1 aromatic carbocycles. The minimum Gasteiger partial charge on any atom is -0.385 e. The van der Waals surface area contributed by atoms with E-state index >= 15 is 0 Å². The summed E-state index contributed by atoms with van der Waals surface area (Å²) in [6.45, 7) is 4.72. The van der Waals surface area contributed by atoms with E-state index in [1.807, 2.05) is 26.1 Å². The molecule has 2 heterocycles. The van der Waals surface area contributed by atoms with Crippen molar-refractivity contribution in [1.82, 2.24) is 15.2 Å². The van der Waals surface area contributed by atoms with Gasteiger partial charge in [-0.2, -0.15) is 18.3 Å². The summed E-state index contributed by atoms with van der Waals surface area (Å²) in [5, 5.41) is 10.2. The summed E-state index contributed by atoms with van der Waals surface area (Å²) in [5.41, 5.74) is 3.80. The molecular weight excluding hydrogens is 415 g/mol. The molecule has 0 amide bonds. The molecule has 1 unspecified atom stereocenters. The first-order valence-electron chi connectivity index (χ1n) is 10.6. The van der Waals surface area contributed by atoms with Gasteiger partial charge in [-0.25, -0.2) is 4.98 Å². The van der Waals surface area contributed by atoms with Gasteiger partial charge in [-0.3, -0.25) is 5.10 Å². The first-order valence-corrected chi connectivity index (χ1v) is 10.6. The van der Waals surface area contributed by atoms with Crippen LogP contribution in [-0.4, -0.2) is 35.0 Å². The van der Waals surface area contributed by atoms with Gasteiger partial charge in [0.25, 0.3) is 0 Å². The lowest BCUT2D eigenvalue weighted by Gasteiger charge is -2.31. The maximum Gasteiger partial charge on any atom is 0.393 e. The zero-order valence-electron chi connectivity index (χ0n) is 18.4. The van der Waals surface area contributed by atoms with Gasteiger partial charge in [0.1, 0.15) is 0 Å². The van der Waals surface area contributed by atoms with Crippen LogP contribution in [0.3, 0.4) is 0 Å². The summed E-state index contributed by atoms with van der Waals surface area (Å²) in [6.07, 6.45) is 3.42. The molecule has 0 fully saturated rings. The molecule has 3 aromatic rings. The predicted molar refractivity (Wildman–Crippen MR) is 123 cm³/mol. The average molecular weight is 444 g/mol. The Morgan fingerprint density at radius 2 is 1.91 bits per heavy atom. The van der Waals surface area contributed by atoms with Crippen LogP contribution in [0, 0.1) is 0 Å². The molecule has 5 nitrogen and oxygen atoms in total. The van der Waals surface area contributed by atoms with Crippen LogP contribution < -0.4 is 10.2 Å². The molecule has 0 radical (unpaired) electrons. The van der Waals surface area contributed by atoms with Crippen molar-refractivity contribution in [3.63, 3.8) is 0 Å². The van der Waals surface area contributed by atoms with E-state index < -0.39 is 12.6 Å². The third-order valence-electron chi connectivity index (χ3n) is 5.26. The predicted octanol–water partition coefficient (Wildman–Crippen LogP) is 6.15. The summed E-state index contributed by atoms with van der Waals surface area (Å²) in [7, 11) is 1.84. The molecule has 0 spiro atoms. The molecule has 8 heteroatoms. The van der Waals surface area contributed by atoms with Crippen LogP contribution in [0.15, 0.2) is 60.9 Å². The molecule has 3 rings (SSSR count). The van der Waals surface area contributed by atoms with Crippen molar-refractivity contribution < 1.29 is 13.2 Å². The summed E-state index contributed by atoms with van der Waals surface area (Å²) >= 11 is 0. The van der Waals surface area contributed by atoms with Gasteiger partial charge in [0.15, 0.2) is 5.82 Å². The zero-order chi connectivity index (χ0) is 23.1. The second-order valence-electron chi connectivity index (χ2n) is 7.56. The Hall–Kier alpha value is -3.29. The number of hydrogen-bond donors (Lipinski definition) is 2. The number of nitrogens with one attached hydrogen (secondary N) is 2. The maximum atomic E-state index is 12.7. The topological polar surface area (TPSA) is 56.8 Å². The Balaban J connectivity index is 1.93. The van der Waals surface area contributed by atoms with Gasteiger partial charge < -0.3 is 10.2 Å². The first kappa shape index (κ1) is 23.4. The lowest BCUT2D eigenvalue weighted by molar-refractivity contribution is -0.127. The molecule has 0 saturated heterocycles. The van der Waals surface area contributed by atoms with Crippen molar-refractivity contribution in [2.75, 3.05) is 23.8 Å². The van der Waals surface area contributed by atoms with Crippen LogP contribution in [0.25, 0.3) is 11.3 Å². The van der Waals surface area contributed by atoms with Crippen molar-refractivity contribution in [2.45, 2.75) is 38.9 Å². The van der Waals surface area contributed by atoms with Gasteiger partial charge in [0, 0.05) is 31.5 Å². The monoisotopic (exact) mass is 443 g/mol. The molecule has 2 N–H and O–H groups in total. The van der Waals surface area contributed by atoms with E-state index in [4.69, 9.17) is 4.98 Å². The number of pyridine rings is 1. The second-order valence-corrected chi connectivity index (χ2v) is 7.56. The normalized spacial score (nSPS) is 12.8. The minimum absolute atomic E-state index is 0.103. The van der Waals surface area contributed by atoms with Gasteiger partial charge in [0.05, 0.1) is 23.8 Å². The number of aromatic nitrogens is 3. The van der Waals surface area contributed by atoms with Crippen LogP contribution in [0.5, 0.6) is 0 Å². The van der Waals surface area contributed by atoms with E-state index in [2.05, 4.69) is 39.5 Å². The summed E-state index contributed by atoms with van der Waals surface area (Å²) < 4.78 is 38.1. The van der Waals surface area contributed by atoms with E-state index in [1.165, 1.54) is 0 Å². The summed E-state index contributed by atoms with van der Waals surface area (Å²) in [6, 6.07) is 10.4. The SMILES string of the molecule is CCC=CCN(c1ncc(-c2ccn[nH]2)cc1NC)C(C)c1ccc(CC(F)(F)F)cc1. The summed E-state index contributed by atoms with van der Waals surface area (Å²) in [4.78, 5) is 6.86. The number of hydrogen-bond acceptors (Lipinski definition) is 4. The second kappa shape index (κ2) is 10.3. The fourth-order valence-corrected chi connectivity index (χ4v) is 3.54. The fourth-order valence-electron chi connectivity index (χ4n) is 3.54. The molecule has 170 valence electrons. The van der Waals surface area contributed by atoms with Crippen molar-refractivity contribution in [2.24, 2.45) is 0 Å². The molecule has 0 aliphatic rings. The number of anilines is 2. The van der Waals surface area contributed by atoms with E-state index in [0.29, 0.717) is 6.54 Å². The number of rotatable bonds is 9. The molecule has 32 heavy (non-hydrogen) atoms. The van der Waals surface area contributed by atoms with Crippen LogP contribution in [-0.2, 0) is 6.42 Å². The number of H-pyrrole nitrogens is 1. The highest BCUT2D eigenvalue weighted by molar-refractivity contribution is 5.73. The lowest BCUT2D eigenvalue weighted by Crippen LogP contribution is -2.28. The minimum atomic E-state index is -4.22. The molecule has 0 saturated carbocycles. The van der Waals surface area contributed by atoms with Gasteiger partial charge >= 0.3 is 6.18 Å². The third kappa shape index (κ3) is 5.90. The van der Waals surface area contributed by atoms with E-state index in [1.54, 1.807) is 36.7 Å². The van der Waals surface area contributed by atoms with Crippen molar-refractivity contribution in [1.29, 1.82) is 0 Å². The van der Waals surface area contributed by atoms with Gasteiger partial charge in [0.2, 0.25) is 0 Å². The Kier molecular flexibility index (Phi) is 7.56. The Bertz CT molecular complexity index is 1010. The number of benzene rings is 1. The van der Waals surface area contributed by atoms with Crippen molar-refractivity contribution in [3.8, 4) is 11.3 Å². The fraction of sp³-hybridized carbons (Fsp3) is 0.333. The van der Waals surface area contributed by atoms with Crippen molar-refractivity contribution in [3.05, 3.63) is 72.1 Å². The molecule has 0 aliphatic carbocycles. The lowest BCUT2D eigenvalue weighted by atomic mass is 10.0. The van der Waals surface area contributed by atoms with E-state index in [-0.39, 0.29) is 11.6 Å². The smallest absolute Gasteiger partial charge is 0.385 e. The Labute approximate surface area is 186 Å². The maximum absolute atomic E-state index is 12.7. The number of allylic oxidation sites excluding steroid dienone is 1. The molecule has 0 bridgehead atoms. The Morgan fingerprint density at radius 3 is 2.50 bits per heavy atom. The number of aromatic amines is 1. The quantitative estimate of drug-likeness (QED) is 0.389. The van der Waals surface area contributed by atoms with Crippen LogP contribution in [0.4, 0.5) is 24.7 Å². The van der Waals surface area contributed by atoms with Gasteiger partial charge in [-0.1, -0.05) is 43.3 Å². The number of nitrogens with zero attached hydrogens (tertiary/aromatic N) is 3. The van der Waals surface area contributed by atoms with Crippen LogP contribution in [0.1, 0.15) is 37.4 Å². The first-order chi connectivity index (χ1) is 15.3. The zero-order valence-corrected chi connectivity index (χ0v) is 18.4. The molecule has 2 aromatic heterocycles.